The van der Waals surface area contributed by atoms with E-state index in [1.54, 1.807) is 11.3 Å². The summed E-state index contributed by atoms with van der Waals surface area (Å²) >= 11 is 1.67. The standard InChI is InChI=1S/C24H36N2OS/c1-3-5-6-8-19-10-12-20(13-11-19)9-7-18-27-22-16-14-21(15-17-22)24-26-25-23(4-2)28-24/h14-17,19-20H,3-13,18H2,1-2H3/t19-,20-. The minimum Gasteiger partial charge on any atom is -0.494 e. The van der Waals surface area contributed by atoms with Crippen LogP contribution in [0.4, 0.5) is 0 Å². The molecule has 154 valence electrons. The van der Waals surface area contributed by atoms with E-state index in [-0.39, 0.29) is 0 Å². The van der Waals surface area contributed by atoms with Crippen LogP contribution < -0.4 is 4.74 Å². The van der Waals surface area contributed by atoms with Crippen LogP contribution in [0, 0.1) is 11.8 Å². The minimum absolute atomic E-state index is 0.828. The predicted molar refractivity (Wildman–Crippen MR) is 119 cm³/mol. The van der Waals surface area contributed by atoms with Crippen molar-refractivity contribution in [3.63, 3.8) is 0 Å². The Kier molecular flexibility index (Phi) is 8.78. The summed E-state index contributed by atoms with van der Waals surface area (Å²) < 4.78 is 5.97. The average Bonchev–Trinajstić information content (AvgIpc) is 3.22. The van der Waals surface area contributed by atoms with E-state index in [1.807, 2.05) is 0 Å². The summed E-state index contributed by atoms with van der Waals surface area (Å²) in [5.41, 5.74) is 1.13. The van der Waals surface area contributed by atoms with Crippen molar-refractivity contribution in [3.05, 3.63) is 29.3 Å². The van der Waals surface area contributed by atoms with Gasteiger partial charge in [-0.2, -0.15) is 0 Å². The SMILES string of the molecule is CCCCC[C@H]1CC[C@H](CCCOc2ccc(-c3nnc(CC)s3)cc2)CC1. The molecule has 3 rings (SSSR count). The summed E-state index contributed by atoms with van der Waals surface area (Å²) in [5, 5.41) is 10.5. The van der Waals surface area contributed by atoms with Gasteiger partial charge in [-0.15, -0.1) is 10.2 Å². The minimum atomic E-state index is 0.828. The van der Waals surface area contributed by atoms with E-state index >= 15 is 0 Å². The molecule has 0 aliphatic heterocycles. The number of hydrogen-bond acceptors (Lipinski definition) is 4. The highest BCUT2D eigenvalue weighted by Crippen LogP contribution is 2.34. The highest BCUT2D eigenvalue weighted by molar-refractivity contribution is 7.14. The molecule has 0 radical (unpaired) electrons. The third-order valence-corrected chi connectivity index (χ3v) is 7.19. The molecule has 4 heteroatoms. The zero-order valence-electron chi connectivity index (χ0n) is 17.7. The molecule has 0 atom stereocenters. The van der Waals surface area contributed by atoms with E-state index in [0.717, 1.165) is 46.2 Å². The summed E-state index contributed by atoms with van der Waals surface area (Å²) in [4.78, 5) is 0. The Labute approximate surface area is 174 Å². The molecule has 28 heavy (non-hydrogen) atoms. The lowest BCUT2D eigenvalue weighted by Gasteiger charge is -2.28. The van der Waals surface area contributed by atoms with E-state index in [4.69, 9.17) is 4.74 Å². The van der Waals surface area contributed by atoms with Crippen LogP contribution in [0.2, 0.25) is 0 Å². The molecular weight excluding hydrogens is 364 g/mol. The first-order valence-corrected chi connectivity index (χ1v) is 12.2. The Hall–Kier alpha value is -1.42. The van der Waals surface area contributed by atoms with Gasteiger partial charge in [-0.1, -0.05) is 76.6 Å². The summed E-state index contributed by atoms with van der Waals surface area (Å²) in [6, 6.07) is 8.30. The first kappa shape index (κ1) is 21.3. The Bertz CT molecular complexity index is 674. The third-order valence-electron chi connectivity index (χ3n) is 6.08. The number of ether oxygens (including phenoxy) is 1. The lowest BCUT2D eigenvalue weighted by atomic mass is 9.78. The molecular formula is C24H36N2OS. The summed E-state index contributed by atoms with van der Waals surface area (Å²) in [6.07, 6.45) is 14.9. The van der Waals surface area contributed by atoms with Crippen LogP contribution in [0.25, 0.3) is 10.6 Å². The normalized spacial score (nSPS) is 19.6. The molecule has 1 aliphatic carbocycles. The van der Waals surface area contributed by atoms with Gasteiger partial charge in [-0.25, -0.2) is 0 Å². The molecule has 1 aliphatic rings. The fourth-order valence-corrected chi connectivity index (χ4v) is 5.05. The number of unbranched alkanes of at least 4 members (excludes halogenated alkanes) is 2. The highest BCUT2D eigenvalue weighted by atomic mass is 32.1. The largest absolute Gasteiger partial charge is 0.494 e. The van der Waals surface area contributed by atoms with Crippen molar-refractivity contribution in [3.8, 4) is 16.3 Å². The van der Waals surface area contributed by atoms with Crippen molar-refractivity contribution in [2.24, 2.45) is 11.8 Å². The monoisotopic (exact) mass is 400 g/mol. The van der Waals surface area contributed by atoms with E-state index in [0.29, 0.717) is 0 Å². The second kappa shape index (κ2) is 11.5. The van der Waals surface area contributed by atoms with Crippen molar-refractivity contribution >= 4 is 11.3 Å². The van der Waals surface area contributed by atoms with Gasteiger partial charge in [0, 0.05) is 5.56 Å². The number of nitrogens with zero attached hydrogens (tertiary/aromatic N) is 2. The van der Waals surface area contributed by atoms with Crippen molar-refractivity contribution in [2.75, 3.05) is 6.61 Å². The molecule has 0 N–H and O–H groups in total. The van der Waals surface area contributed by atoms with E-state index in [1.165, 1.54) is 64.2 Å². The Morgan fingerprint density at radius 1 is 0.893 bits per heavy atom. The van der Waals surface area contributed by atoms with Crippen LogP contribution >= 0.6 is 11.3 Å². The number of benzene rings is 1. The molecule has 0 spiro atoms. The van der Waals surface area contributed by atoms with Gasteiger partial charge in [0.2, 0.25) is 0 Å². The number of rotatable bonds is 11. The maximum absolute atomic E-state index is 5.97. The first-order valence-electron chi connectivity index (χ1n) is 11.3. The van der Waals surface area contributed by atoms with Crippen LogP contribution in [-0.2, 0) is 6.42 Å². The third kappa shape index (κ3) is 6.58. The quantitative estimate of drug-likeness (QED) is 0.371. The Morgan fingerprint density at radius 3 is 2.18 bits per heavy atom. The van der Waals surface area contributed by atoms with E-state index in [2.05, 4.69) is 48.3 Å². The van der Waals surface area contributed by atoms with E-state index < -0.39 is 0 Å². The lowest BCUT2D eigenvalue weighted by Crippen LogP contribution is -2.15. The van der Waals surface area contributed by atoms with E-state index in [9.17, 15) is 0 Å². The van der Waals surface area contributed by atoms with Gasteiger partial charge >= 0.3 is 0 Å². The number of aromatic nitrogens is 2. The smallest absolute Gasteiger partial charge is 0.147 e. The molecule has 0 bridgehead atoms. The average molecular weight is 401 g/mol. The van der Waals surface area contributed by atoms with Gasteiger partial charge in [0.1, 0.15) is 15.8 Å². The summed E-state index contributed by atoms with van der Waals surface area (Å²) in [5.74, 6) is 2.90. The second-order valence-corrected chi connectivity index (χ2v) is 9.31. The van der Waals surface area contributed by atoms with Gasteiger partial charge in [-0.05, 0) is 55.4 Å². The topological polar surface area (TPSA) is 35.0 Å². The Morgan fingerprint density at radius 2 is 1.57 bits per heavy atom. The van der Waals surface area contributed by atoms with Gasteiger partial charge < -0.3 is 4.74 Å². The maximum atomic E-state index is 5.97. The zero-order chi connectivity index (χ0) is 19.6. The molecule has 1 heterocycles. The van der Waals surface area contributed by atoms with Crippen molar-refractivity contribution in [2.45, 2.75) is 84.5 Å². The van der Waals surface area contributed by atoms with Crippen LogP contribution in [0.3, 0.4) is 0 Å². The van der Waals surface area contributed by atoms with Crippen molar-refractivity contribution in [1.29, 1.82) is 0 Å². The molecule has 0 unspecified atom stereocenters. The molecule has 1 saturated carbocycles. The molecule has 2 aromatic rings. The Balaban J connectivity index is 1.31. The second-order valence-electron chi connectivity index (χ2n) is 8.25. The van der Waals surface area contributed by atoms with Crippen LogP contribution in [-0.4, -0.2) is 16.8 Å². The molecule has 1 fully saturated rings. The van der Waals surface area contributed by atoms with Crippen LogP contribution in [0.15, 0.2) is 24.3 Å². The maximum Gasteiger partial charge on any atom is 0.147 e. The lowest BCUT2D eigenvalue weighted by molar-refractivity contribution is 0.228. The van der Waals surface area contributed by atoms with Crippen molar-refractivity contribution in [1.82, 2.24) is 10.2 Å². The fraction of sp³-hybridized carbons (Fsp3) is 0.667. The number of aryl methyl sites for hydroxylation is 1. The molecule has 3 nitrogen and oxygen atoms in total. The van der Waals surface area contributed by atoms with Gasteiger partial charge in [0.05, 0.1) is 6.61 Å². The fourth-order valence-electron chi connectivity index (χ4n) is 4.26. The molecule has 1 aromatic carbocycles. The summed E-state index contributed by atoms with van der Waals surface area (Å²) in [7, 11) is 0. The van der Waals surface area contributed by atoms with Gasteiger partial charge in [-0.3, -0.25) is 0 Å². The zero-order valence-corrected chi connectivity index (χ0v) is 18.5. The predicted octanol–water partition coefficient (Wildman–Crippen LogP) is 7.31. The highest BCUT2D eigenvalue weighted by Gasteiger charge is 2.20. The van der Waals surface area contributed by atoms with Crippen LogP contribution in [0.5, 0.6) is 5.75 Å². The molecule has 0 saturated heterocycles. The van der Waals surface area contributed by atoms with Crippen LogP contribution in [0.1, 0.15) is 83.1 Å². The first-order chi connectivity index (χ1) is 13.8. The van der Waals surface area contributed by atoms with Crippen molar-refractivity contribution < 1.29 is 4.74 Å². The molecule has 1 aromatic heterocycles. The van der Waals surface area contributed by atoms with Gasteiger partial charge in [0.25, 0.3) is 0 Å². The van der Waals surface area contributed by atoms with Gasteiger partial charge in [0.15, 0.2) is 0 Å². The molecule has 0 amide bonds. The number of hydrogen-bond donors (Lipinski definition) is 0. The summed E-state index contributed by atoms with van der Waals surface area (Å²) in [6.45, 7) is 5.24.